The summed E-state index contributed by atoms with van der Waals surface area (Å²) in [6.07, 6.45) is 4.88. The van der Waals surface area contributed by atoms with Crippen molar-refractivity contribution in [3.8, 4) is 6.07 Å². The van der Waals surface area contributed by atoms with Gasteiger partial charge in [-0.3, -0.25) is 4.98 Å². The number of nitrogens with zero attached hydrogens (tertiary/aromatic N) is 5. The fraction of sp³-hybridized carbons (Fsp3) is 0.267. The van der Waals surface area contributed by atoms with Crippen molar-refractivity contribution in [2.24, 2.45) is 0 Å². The largest absolute Gasteiger partial charge is 0.363 e. The molecule has 3 rings (SSSR count). The number of nitriles is 1. The van der Waals surface area contributed by atoms with E-state index >= 15 is 0 Å². The fourth-order valence-corrected chi connectivity index (χ4v) is 2.55. The SMILES string of the molecule is N#Cc1cc(F)c(N2CCN(c3cnccn3)CC2)c(F)c1. The molecule has 1 aromatic carbocycles. The Morgan fingerprint density at radius 2 is 1.64 bits per heavy atom. The molecule has 0 radical (unpaired) electrons. The molecule has 0 amide bonds. The highest BCUT2D eigenvalue weighted by Gasteiger charge is 2.23. The summed E-state index contributed by atoms with van der Waals surface area (Å²) in [6.45, 7) is 2.13. The van der Waals surface area contributed by atoms with E-state index in [4.69, 9.17) is 5.26 Å². The van der Waals surface area contributed by atoms with Gasteiger partial charge in [0.2, 0.25) is 0 Å². The Balaban J connectivity index is 1.76. The van der Waals surface area contributed by atoms with Crippen LogP contribution in [0, 0.1) is 23.0 Å². The third-order valence-corrected chi connectivity index (χ3v) is 3.62. The van der Waals surface area contributed by atoms with Crippen LogP contribution in [-0.4, -0.2) is 36.1 Å². The van der Waals surface area contributed by atoms with E-state index in [1.54, 1.807) is 29.6 Å². The van der Waals surface area contributed by atoms with Gasteiger partial charge < -0.3 is 9.80 Å². The van der Waals surface area contributed by atoms with Crippen LogP contribution in [0.4, 0.5) is 20.3 Å². The second kappa shape index (κ2) is 5.93. The molecule has 112 valence electrons. The van der Waals surface area contributed by atoms with Gasteiger partial charge in [0.15, 0.2) is 11.6 Å². The first-order valence-electron chi connectivity index (χ1n) is 6.84. The van der Waals surface area contributed by atoms with Crippen LogP contribution in [0.2, 0.25) is 0 Å². The minimum absolute atomic E-state index is 0.0167. The van der Waals surface area contributed by atoms with Gasteiger partial charge >= 0.3 is 0 Å². The number of aromatic nitrogens is 2. The van der Waals surface area contributed by atoms with E-state index in [1.165, 1.54) is 0 Å². The molecule has 0 spiro atoms. The summed E-state index contributed by atoms with van der Waals surface area (Å²) in [7, 11) is 0. The molecule has 5 nitrogen and oxygen atoms in total. The minimum atomic E-state index is -0.704. The highest BCUT2D eigenvalue weighted by molar-refractivity contribution is 5.54. The lowest BCUT2D eigenvalue weighted by Gasteiger charge is -2.36. The van der Waals surface area contributed by atoms with Gasteiger partial charge in [-0.2, -0.15) is 5.26 Å². The highest BCUT2D eigenvalue weighted by Crippen LogP contribution is 2.26. The van der Waals surface area contributed by atoms with Crippen molar-refractivity contribution in [2.75, 3.05) is 36.0 Å². The van der Waals surface area contributed by atoms with Gasteiger partial charge in [0.25, 0.3) is 0 Å². The number of hydrogen-bond donors (Lipinski definition) is 0. The lowest BCUT2D eigenvalue weighted by molar-refractivity contribution is 0.555. The zero-order valence-corrected chi connectivity index (χ0v) is 11.7. The Kier molecular flexibility index (Phi) is 3.83. The van der Waals surface area contributed by atoms with E-state index in [0.717, 1.165) is 18.0 Å². The molecule has 0 bridgehead atoms. The van der Waals surface area contributed by atoms with Crippen LogP contribution in [-0.2, 0) is 0 Å². The van der Waals surface area contributed by atoms with Crippen molar-refractivity contribution in [3.63, 3.8) is 0 Å². The van der Waals surface area contributed by atoms with Crippen LogP contribution < -0.4 is 9.80 Å². The van der Waals surface area contributed by atoms with E-state index in [1.807, 2.05) is 4.90 Å². The number of halogens is 2. The third-order valence-electron chi connectivity index (χ3n) is 3.62. The van der Waals surface area contributed by atoms with Gasteiger partial charge in [0.05, 0.1) is 17.8 Å². The maximum atomic E-state index is 14.0. The van der Waals surface area contributed by atoms with E-state index in [9.17, 15) is 8.78 Å². The number of benzene rings is 1. The first-order chi connectivity index (χ1) is 10.7. The number of piperazine rings is 1. The zero-order valence-electron chi connectivity index (χ0n) is 11.7. The van der Waals surface area contributed by atoms with Crippen LogP contribution >= 0.6 is 0 Å². The van der Waals surface area contributed by atoms with Crippen molar-refractivity contribution in [1.29, 1.82) is 5.26 Å². The van der Waals surface area contributed by atoms with Crippen molar-refractivity contribution >= 4 is 11.5 Å². The Morgan fingerprint density at radius 3 is 2.18 bits per heavy atom. The average molecular weight is 301 g/mol. The smallest absolute Gasteiger partial charge is 0.150 e. The summed E-state index contributed by atoms with van der Waals surface area (Å²) in [4.78, 5) is 11.9. The molecule has 1 fully saturated rings. The third kappa shape index (κ3) is 2.68. The molecule has 2 aromatic rings. The van der Waals surface area contributed by atoms with Crippen molar-refractivity contribution in [2.45, 2.75) is 0 Å². The van der Waals surface area contributed by atoms with Crippen molar-refractivity contribution < 1.29 is 8.78 Å². The van der Waals surface area contributed by atoms with E-state index in [2.05, 4.69) is 9.97 Å². The Labute approximate surface area is 126 Å². The fourth-order valence-electron chi connectivity index (χ4n) is 2.55. The van der Waals surface area contributed by atoms with Gasteiger partial charge in [0, 0.05) is 38.6 Å². The first-order valence-corrected chi connectivity index (χ1v) is 6.84. The Bertz CT molecular complexity index is 683. The molecule has 0 N–H and O–H groups in total. The highest BCUT2D eigenvalue weighted by atomic mass is 19.1. The topological polar surface area (TPSA) is 56.1 Å². The Hall–Kier alpha value is -2.75. The Morgan fingerprint density at radius 1 is 1.00 bits per heavy atom. The number of hydrogen-bond acceptors (Lipinski definition) is 5. The summed E-state index contributed by atoms with van der Waals surface area (Å²) < 4.78 is 28.1. The molecule has 7 heteroatoms. The lowest BCUT2D eigenvalue weighted by Crippen LogP contribution is -2.47. The summed E-state index contributed by atoms with van der Waals surface area (Å²) in [5, 5.41) is 8.73. The summed E-state index contributed by atoms with van der Waals surface area (Å²) in [6, 6.07) is 3.87. The molecular weight excluding hydrogens is 288 g/mol. The molecule has 0 saturated carbocycles. The molecule has 2 heterocycles. The molecular formula is C15H13F2N5. The number of anilines is 2. The maximum Gasteiger partial charge on any atom is 0.150 e. The summed E-state index contributed by atoms with van der Waals surface area (Å²) in [5.41, 5.74) is -0.0882. The van der Waals surface area contributed by atoms with Gasteiger partial charge in [-0.15, -0.1) is 0 Å². The molecule has 0 unspecified atom stereocenters. The summed E-state index contributed by atoms with van der Waals surface area (Å²) in [5.74, 6) is -0.656. The standard InChI is InChI=1S/C15H13F2N5/c16-12-7-11(9-18)8-13(17)15(12)22-5-3-21(4-6-22)14-10-19-1-2-20-14/h1-2,7-8,10H,3-6H2. The normalized spacial score (nSPS) is 14.8. The number of rotatable bonds is 2. The molecule has 1 aliphatic heterocycles. The second-order valence-electron chi connectivity index (χ2n) is 4.94. The van der Waals surface area contributed by atoms with Crippen LogP contribution in [0.15, 0.2) is 30.7 Å². The molecule has 22 heavy (non-hydrogen) atoms. The van der Waals surface area contributed by atoms with Crippen LogP contribution in [0.3, 0.4) is 0 Å². The second-order valence-corrected chi connectivity index (χ2v) is 4.94. The van der Waals surface area contributed by atoms with Crippen LogP contribution in [0.1, 0.15) is 5.56 Å². The average Bonchev–Trinajstić information content (AvgIpc) is 2.55. The zero-order chi connectivity index (χ0) is 15.5. The van der Waals surface area contributed by atoms with Gasteiger partial charge in [0.1, 0.15) is 11.5 Å². The monoisotopic (exact) mass is 301 g/mol. The predicted octanol–water partition coefficient (Wildman–Crippen LogP) is 1.95. The lowest BCUT2D eigenvalue weighted by atomic mass is 10.1. The quantitative estimate of drug-likeness (QED) is 0.848. The molecule has 1 aliphatic rings. The molecule has 1 saturated heterocycles. The van der Waals surface area contributed by atoms with E-state index in [-0.39, 0.29) is 11.3 Å². The molecule has 0 aliphatic carbocycles. The van der Waals surface area contributed by atoms with Gasteiger partial charge in [-0.05, 0) is 12.1 Å². The first kappa shape index (κ1) is 14.2. The molecule has 1 aromatic heterocycles. The van der Waals surface area contributed by atoms with Gasteiger partial charge in [-0.25, -0.2) is 13.8 Å². The van der Waals surface area contributed by atoms with E-state index in [0.29, 0.717) is 26.2 Å². The van der Waals surface area contributed by atoms with Crippen LogP contribution in [0.25, 0.3) is 0 Å². The predicted molar refractivity (Wildman–Crippen MR) is 77.5 cm³/mol. The molecule has 0 atom stereocenters. The van der Waals surface area contributed by atoms with E-state index < -0.39 is 11.6 Å². The van der Waals surface area contributed by atoms with Crippen LogP contribution in [0.5, 0.6) is 0 Å². The van der Waals surface area contributed by atoms with Crippen molar-refractivity contribution in [3.05, 3.63) is 47.9 Å². The summed E-state index contributed by atoms with van der Waals surface area (Å²) >= 11 is 0. The van der Waals surface area contributed by atoms with Crippen molar-refractivity contribution in [1.82, 2.24) is 9.97 Å². The van der Waals surface area contributed by atoms with Gasteiger partial charge in [-0.1, -0.05) is 0 Å². The minimum Gasteiger partial charge on any atom is -0.363 e. The maximum absolute atomic E-state index is 14.0.